The fourth-order valence-corrected chi connectivity index (χ4v) is 4.48. The van der Waals surface area contributed by atoms with Crippen LogP contribution in [0.5, 0.6) is 11.5 Å². The summed E-state index contributed by atoms with van der Waals surface area (Å²) in [4.78, 5) is 26.7. The quantitative estimate of drug-likeness (QED) is 0.386. The number of fused-ring (bicyclic) bond motifs is 1. The number of H-pyrrole nitrogens is 1. The number of para-hydroxylation sites is 1. The van der Waals surface area contributed by atoms with E-state index >= 15 is 0 Å². The lowest BCUT2D eigenvalue weighted by Gasteiger charge is -2.14. The van der Waals surface area contributed by atoms with Crippen molar-refractivity contribution < 1.29 is 14.3 Å². The van der Waals surface area contributed by atoms with Crippen LogP contribution in [0.4, 0.5) is 5.82 Å². The Labute approximate surface area is 203 Å². The molecule has 0 radical (unpaired) electrons. The average molecular weight is 470 g/mol. The molecule has 5 rings (SSSR count). The maximum absolute atomic E-state index is 12.5. The highest BCUT2D eigenvalue weighted by Gasteiger charge is 2.30. The van der Waals surface area contributed by atoms with Gasteiger partial charge in [0.15, 0.2) is 0 Å². The van der Waals surface area contributed by atoms with E-state index in [0.717, 1.165) is 45.8 Å². The van der Waals surface area contributed by atoms with Gasteiger partial charge in [0.2, 0.25) is 5.91 Å². The van der Waals surface area contributed by atoms with Crippen molar-refractivity contribution in [2.45, 2.75) is 12.3 Å². The van der Waals surface area contributed by atoms with Gasteiger partial charge in [-0.15, -0.1) is 0 Å². The van der Waals surface area contributed by atoms with Crippen LogP contribution in [-0.4, -0.2) is 52.6 Å². The van der Waals surface area contributed by atoms with E-state index in [1.165, 1.54) is 6.33 Å². The van der Waals surface area contributed by atoms with Crippen LogP contribution in [0.1, 0.15) is 18.0 Å². The number of nitrogens with one attached hydrogen (secondary N) is 1. The third-order valence-electron chi connectivity index (χ3n) is 6.19. The average Bonchev–Trinajstić information content (AvgIpc) is 3.51. The molecule has 3 N–H and O–H groups in total. The molecule has 3 heterocycles. The van der Waals surface area contributed by atoms with Crippen LogP contribution in [0.25, 0.3) is 22.2 Å². The van der Waals surface area contributed by atoms with E-state index in [1.54, 1.807) is 19.3 Å². The Balaban J connectivity index is 1.42. The van der Waals surface area contributed by atoms with Gasteiger partial charge in [0.1, 0.15) is 23.6 Å². The molecule has 35 heavy (non-hydrogen) atoms. The second-order valence-electron chi connectivity index (χ2n) is 8.46. The molecule has 0 saturated carbocycles. The summed E-state index contributed by atoms with van der Waals surface area (Å²) in [5.74, 6) is 2.06. The molecule has 0 bridgehead atoms. The minimum Gasteiger partial charge on any atom is -0.457 e. The molecule has 1 fully saturated rings. The number of methoxy groups -OCH3 is 1. The van der Waals surface area contributed by atoms with Gasteiger partial charge in [-0.1, -0.05) is 24.3 Å². The Morgan fingerprint density at radius 2 is 1.91 bits per heavy atom. The number of nitrogens with two attached hydrogens (primary N) is 1. The fraction of sp³-hybridized carbons (Fsp3) is 0.222. The topological polar surface area (TPSA) is 106 Å². The molecular weight excluding hydrogens is 442 g/mol. The number of benzene rings is 2. The first-order chi connectivity index (χ1) is 17.1. The second kappa shape index (κ2) is 9.99. The van der Waals surface area contributed by atoms with Crippen LogP contribution in [0, 0.1) is 0 Å². The Hall–Kier alpha value is -4.17. The van der Waals surface area contributed by atoms with E-state index in [0.29, 0.717) is 25.5 Å². The van der Waals surface area contributed by atoms with E-state index < -0.39 is 0 Å². The first-order valence-electron chi connectivity index (χ1n) is 11.5. The highest BCUT2D eigenvalue weighted by molar-refractivity contribution is 6.02. The van der Waals surface area contributed by atoms with Gasteiger partial charge in [0.25, 0.3) is 0 Å². The third kappa shape index (κ3) is 4.74. The zero-order valence-corrected chi connectivity index (χ0v) is 19.5. The maximum Gasteiger partial charge on any atom is 0.246 e. The lowest BCUT2D eigenvalue weighted by atomic mass is 10.0. The van der Waals surface area contributed by atoms with Gasteiger partial charge in [-0.2, -0.15) is 0 Å². The summed E-state index contributed by atoms with van der Waals surface area (Å²) >= 11 is 0. The van der Waals surface area contributed by atoms with Gasteiger partial charge < -0.3 is 25.1 Å². The zero-order valence-electron chi connectivity index (χ0n) is 19.5. The predicted octanol–water partition coefficient (Wildman–Crippen LogP) is 4.52. The molecule has 1 unspecified atom stereocenters. The Morgan fingerprint density at radius 3 is 2.69 bits per heavy atom. The highest BCUT2D eigenvalue weighted by atomic mass is 16.5. The Kier molecular flexibility index (Phi) is 6.45. The summed E-state index contributed by atoms with van der Waals surface area (Å²) in [7, 11) is 1.60. The van der Waals surface area contributed by atoms with Crippen molar-refractivity contribution in [1.82, 2.24) is 19.9 Å². The van der Waals surface area contributed by atoms with Gasteiger partial charge in [-0.3, -0.25) is 4.79 Å². The van der Waals surface area contributed by atoms with Crippen LogP contribution < -0.4 is 10.5 Å². The number of amides is 1. The molecular formula is C27H27N5O3. The summed E-state index contributed by atoms with van der Waals surface area (Å²) in [6, 6.07) is 17.5. The van der Waals surface area contributed by atoms with Crippen molar-refractivity contribution in [3.63, 3.8) is 0 Å². The molecule has 178 valence electrons. The number of carbonyl (C=O) groups excluding carboxylic acids is 1. The molecule has 1 atom stereocenters. The van der Waals surface area contributed by atoms with Crippen molar-refractivity contribution in [2.24, 2.45) is 0 Å². The number of ether oxygens (including phenoxy) is 2. The van der Waals surface area contributed by atoms with E-state index in [1.807, 2.05) is 59.5 Å². The SMILES string of the molecule is COCC=CC(=O)N1CCC(c2[nH]c(-c3ccc(Oc4ccccc4)cc3)c3c(N)ncnc23)C1. The molecule has 0 spiro atoms. The monoisotopic (exact) mass is 469 g/mol. The predicted molar refractivity (Wildman–Crippen MR) is 135 cm³/mol. The Bertz CT molecular complexity index is 1350. The fourth-order valence-electron chi connectivity index (χ4n) is 4.48. The molecule has 1 aliphatic rings. The van der Waals surface area contributed by atoms with Crippen molar-refractivity contribution >= 4 is 22.6 Å². The molecule has 8 heteroatoms. The normalized spacial score (nSPS) is 15.8. The first kappa shape index (κ1) is 22.6. The van der Waals surface area contributed by atoms with Crippen molar-refractivity contribution in [2.75, 3.05) is 32.5 Å². The molecule has 0 aliphatic carbocycles. The molecule has 1 aliphatic heterocycles. The number of nitrogens with zero attached hydrogens (tertiary/aromatic N) is 3. The number of carbonyl (C=O) groups is 1. The van der Waals surface area contributed by atoms with Gasteiger partial charge in [0.05, 0.1) is 23.2 Å². The van der Waals surface area contributed by atoms with Gasteiger partial charge in [-0.05, 0) is 48.4 Å². The van der Waals surface area contributed by atoms with E-state index in [4.69, 9.17) is 15.2 Å². The number of likely N-dealkylation sites (tertiary alicyclic amines) is 1. The standard InChI is InChI=1S/C27H27N5O3/c1-34-15-5-8-22(33)32-14-13-19(16-32)25-26-23(27(28)30-17-29-26)24(31-25)18-9-11-21(12-10-18)35-20-6-3-2-4-7-20/h2-12,17,19,31H,13-16H2,1H3,(H2,28,29,30). The number of hydrogen-bond acceptors (Lipinski definition) is 6. The minimum absolute atomic E-state index is 0.0104. The van der Waals surface area contributed by atoms with E-state index in [2.05, 4.69) is 15.0 Å². The van der Waals surface area contributed by atoms with Gasteiger partial charge in [0, 0.05) is 37.9 Å². The lowest BCUT2D eigenvalue weighted by molar-refractivity contribution is -0.125. The van der Waals surface area contributed by atoms with Crippen LogP contribution in [-0.2, 0) is 9.53 Å². The number of rotatable bonds is 7. The maximum atomic E-state index is 12.5. The zero-order chi connectivity index (χ0) is 24.2. The molecule has 1 saturated heterocycles. The first-order valence-corrected chi connectivity index (χ1v) is 11.5. The smallest absolute Gasteiger partial charge is 0.246 e. The number of aromatic amines is 1. The number of hydrogen-bond donors (Lipinski definition) is 2. The highest BCUT2D eigenvalue weighted by Crippen LogP contribution is 2.38. The lowest BCUT2D eigenvalue weighted by Crippen LogP contribution is -2.26. The van der Waals surface area contributed by atoms with E-state index in [-0.39, 0.29) is 11.8 Å². The molecule has 1 amide bonds. The van der Waals surface area contributed by atoms with Crippen molar-refractivity contribution in [3.8, 4) is 22.8 Å². The van der Waals surface area contributed by atoms with Crippen LogP contribution in [0.3, 0.4) is 0 Å². The number of nitrogen functional groups attached to an aromatic ring is 1. The molecule has 4 aromatic rings. The van der Waals surface area contributed by atoms with Crippen molar-refractivity contribution in [3.05, 3.63) is 78.8 Å². The summed E-state index contributed by atoms with van der Waals surface area (Å²) in [6.45, 7) is 1.71. The van der Waals surface area contributed by atoms with Crippen LogP contribution in [0.2, 0.25) is 0 Å². The molecule has 2 aromatic heterocycles. The Morgan fingerprint density at radius 1 is 1.14 bits per heavy atom. The third-order valence-corrected chi connectivity index (χ3v) is 6.19. The van der Waals surface area contributed by atoms with Gasteiger partial charge >= 0.3 is 0 Å². The van der Waals surface area contributed by atoms with Crippen LogP contribution in [0.15, 0.2) is 73.1 Å². The van der Waals surface area contributed by atoms with E-state index in [9.17, 15) is 4.79 Å². The number of anilines is 1. The summed E-state index contributed by atoms with van der Waals surface area (Å²) in [5.41, 5.74) is 9.90. The minimum atomic E-state index is -0.0104. The largest absolute Gasteiger partial charge is 0.457 e. The van der Waals surface area contributed by atoms with Crippen LogP contribution >= 0.6 is 0 Å². The summed E-state index contributed by atoms with van der Waals surface area (Å²) in [5, 5.41) is 0.795. The van der Waals surface area contributed by atoms with Gasteiger partial charge in [-0.25, -0.2) is 9.97 Å². The molecule has 2 aromatic carbocycles. The summed E-state index contributed by atoms with van der Waals surface area (Å²) < 4.78 is 10.9. The summed E-state index contributed by atoms with van der Waals surface area (Å²) in [6.07, 6.45) is 5.63. The second-order valence-corrected chi connectivity index (χ2v) is 8.46. The van der Waals surface area contributed by atoms with Crippen molar-refractivity contribution in [1.29, 1.82) is 0 Å². The molecule has 8 nitrogen and oxygen atoms in total. The number of aromatic nitrogens is 3.